The van der Waals surface area contributed by atoms with Crippen molar-refractivity contribution >= 4 is 11.7 Å². The fourth-order valence-corrected chi connectivity index (χ4v) is 1.87. The Morgan fingerprint density at radius 3 is 2.09 bits per heavy atom. The Morgan fingerprint density at radius 1 is 1.05 bits per heavy atom. The fourth-order valence-electron chi connectivity index (χ4n) is 1.87. The Bertz CT molecular complexity index is 640. The van der Waals surface area contributed by atoms with Crippen molar-refractivity contribution in [2.75, 3.05) is 11.9 Å². The summed E-state index contributed by atoms with van der Waals surface area (Å²) in [7, 11) is 0. The summed E-state index contributed by atoms with van der Waals surface area (Å²) < 4.78 is 25.6. The summed E-state index contributed by atoms with van der Waals surface area (Å²) in [5.74, 6) is -0.799. The minimum absolute atomic E-state index is 0.0638. The zero-order valence-corrected chi connectivity index (χ0v) is 11.9. The highest BCUT2D eigenvalue weighted by atomic mass is 19.1. The number of hydrogen-bond acceptors (Lipinski definition) is 2. The lowest BCUT2D eigenvalue weighted by Crippen LogP contribution is -2.40. The van der Waals surface area contributed by atoms with E-state index in [0.717, 1.165) is 0 Å². The highest BCUT2D eigenvalue weighted by Crippen LogP contribution is 2.20. The fraction of sp³-hybridized carbons (Fsp3) is 0.188. The van der Waals surface area contributed by atoms with Gasteiger partial charge in [-0.2, -0.15) is 0 Å². The number of aliphatic hydroxyl groups is 1. The van der Waals surface area contributed by atoms with Crippen molar-refractivity contribution in [2.45, 2.75) is 12.5 Å². The van der Waals surface area contributed by atoms with Crippen LogP contribution in [-0.2, 0) is 5.60 Å². The third-order valence-electron chi connectivity index (χ3n) is 3.16. The predicted molar refractivity (Wildman–Crippen MR) is 79.4 cm³/mol. The lowest BCUT2D eigenvalue weighted by molar-refractivity contribution is 0.0599. The lowest BCUT2D eigenvalue weighted by atomic mass is 9.96. The Balaban J connectivity index is 1.92. The van der Waals surface area contributed by atoms with Crippen LogP contribution in [0.5, 0.6) is 0 Å². The van der Waals surface area contributed by atoms with E-state index in [1.54, 1.807) is 0 Å². The first-order valence-electron chi connectivity index (χ1n) is 6.66. The van der Waals surface area contributed by atoms with Crippen LogP contribution in [0, 0.1) is 11.6 Å². The van der Waals surface area contributed by atoms with Crippen molar-refractivity contribution in [3.63, 3.8) is 0 Å². The topological polar surface area (TPSA) is 61.4 Å². The molecule has 0 aliphatic rings. The molecule has 0 spiro atoms. The van der Waals surface area contributed by atoms with Crippen LogP contribution in [0.3, 0.4) is 0 Å². The molecule has 0 saturated carbocycles. The van der Waals surface area contributed by atoms with Crippen molar-refractivity contribution in [3.8, 4) is 0 Å². The van der Waals surface area contributed by atoms with Gasteiger partial charge >= 0.3 is 6.03 Å². The van der Waals surface area contributed by atoms with Crippen LogP contribution in [-0.4, -0.2) is 17.7 Å². The van der Waals surface area contributed by atoms with Crippen molar-refractivity contribution in [2.24, 2.45) is 0 Å². The highest BCUT2D eigenvalue weighted by Gasteiger charge is 2.23. The van der Waals surface area contributed by atoms with Crippen LogP contribution in [0.25, 0.3) is 0 Å². The molecule has 0 saturated heterocycles. The van der Waals surface area contributed by atoms with Crippen LogP contribution >= 0.6 is 0 Å². The third-order valence-corrected chi connectivity index (χ3v) is 3.16. The Kier molecular flexibility index (Phi) is 4.72. The van der Waals surface area contributed by atoms with Crippen LogP contribution in [0.15, 0.2) is 48.5 Å². The highest BCUT2D eigenvalue weighted by molar-refractivity contribution is 5.89. The molecule has 0 fully saturated rings. The lowest BCUT2D eigenvalue weighted by Gasteiger charge is -2.24. The molecule has 0 heterocycles. The summed E-state index contributed by atoms with van der Waals surface area (Å²) in [5.41, 5.74) is -0.426. The van der Waals surface area contributed by atoms with E-state index in [1.165, 1.54) is 55.5 Å². The van der Waals surface area contributed by atoms with E-state index in [2.05, 4.69) is 10.6 Å². The number of nitrogens with one attached hydrogen (secondary N) is 2. The number of anilines is 1. The van der Waals surface area contributed by atoms with E-state index in [1.807, 2.05) is 0 Å². The third kappa shape index (κ3) is 4.26. The van der Waals surface area contributed by atoms with Crippen molar-refractivity contribution in [3.05, 3.63) is 65.7 Å². The molecule has 0 aliphatic heterocycles. The Labute approximate surface area is 126 Å². The molecule has 2 aromatic rings. The largest absolute Gasteiger partial charge is 0.384 e. The number of hydrogen-bond donors (Lipinski definition) is 3. The SMILES string of the molecule is CC(O)(CNC(=O)Nc1ccc(F)cc1)c1ccc(F)cc1. The van der Waals surface area contributed by atoms with Gasteiger partial charge in [0, 0.05) is 5.69 Å². The van der Waals surface area contributed by atoms with Gasteiger partial charge in [-0.1, -0.05) is 12.1 Å². The zero-order chi connectivity index (χ0) is 16.2. The van der Waals surface area contributed by atoms with Gasteiger partial charge in [0.25, 0.3) is 0 Å². The van der Waals surface area contributed by atoms with Crippen molar-refractivity contribution in [1.29, 1.82) is 0 Å². The van der Waals surface area contributed by atoms with Gasteiger partial charge in [-0.3, -0.25) is 0 Å². The van der Waals surface area contributed by atoms with Gasteiger partial charge in [0.05, 0.1) is 6.54 Å². The smallest absolute Gasteiger partial charge is 0.319 e. The van der Waals surface area contributed by atoms with E-state index in [9.17, 15) is 18.7 Å². The molecule has 0 aromatic heterocycles. The van der Waals surface area contributed by atoms with Gasteiger partial charge in [0.15, 0.2) is 0 Å². The van der Waals surface area contributed by atoms with Gasteiger partial charge in [0.1, 0.15) is 17.2 Å². The average molecular weight is 306 g/mol. The second kappa shape index (κ2) is 6.53. The molecule has 0 bridgehead atoms. The molecule has 116 valence electrons. The van der Waals surface area contributed by atoms with Gasteiger partial charge in [-0.05, 0) is 48.9 Å². The maximum Gasteiger partial charge on any atom is 0.319 e. The van der Waals surface area contributed by atoms with Crippen LogP contribution in [0.1, 0.15) is 12.5 Å². The molecule has 0 radical (unpaired) electrons. The molecule has 22 heavy (non-hydrogen) atoms. The number of carbonyl (C=O) groups excluding carboxylic acids is 1. The molecule has 3 N–H and O–H groups in total. The number of carbonyl (C=O) groups is 1. The second-order valence-electron chi connectivity index (χ2n) is 5.10. The minimum Gasteiger partial charge on any atom is -0.384 e. The number of amides is 2. The number of benzene rings is 2. The van der Waals surface area contributed by atoms with Gasteiger partial charge in [0.2, 0.25) is 0 Å². The monoisotopic (exact) mass is 306 g/mol. The van der Waals surface area contributed by atoms with Crippen molar-refractivity contribution in [1.82, 2.24) is 5.32 Å². The molecule has 2 aromatic carbocycles. The molecule has 2 rings (SSSR count). The molecule has 1 unspecified atom stereocenters. The van der Waals surface area contributed by atoms with E-state index in [4.69, 9.17) is 0 Å². The average Bonchev–Trinajstić information content (AvgIpc) is 2.48. The summed E-state index contributed by atoms with van der Waals surface area (Å²) in [6.45, 7) is 1.45. The summed E-state index contributed by atoms with van der Waals surface area (Å²) >= 11 is 0. The normalized spacial score (nSPS) is 13.3. The summed E-state index contributed by atoms with van der Waals surface area (Å²) in [4.78, 5) is 11.7. The molecule has 2 amide bonds. The first-order chi connectivity index (χ1) is 10.4. The zero-order valence-electron chi connectivity index (χ0n) is 11.9. The predicted octanol–water partition coefficient (Wildman–Crippen LogP) is 2.99. The first-order valence-corrected chi connectivity index (χ1v) is 6.66. The Morgan fingerprint density at radius 2 is 1.55 bits per heavy atom. The first kappa shape index (κ1) is 15.9. The van der Waals surface area contributed by atoms with Gasteiger partial charge in [-0.15, -0.1) is 0 Å². The summed E-state index contributed by atoms with van der Waals surface area (Å²) in [5, 5.41) is 15.3. The van der Waals surface area contributed by atoms with Gasteiger partial charge < -0.3 is 15.7 Å². The quantitative estimate of drug-likeness (QED) is 0.813. The molecular formula is C16H16F2N2O2. The van der Waals surface area contributed by atoms with E-state index < -0.39 is 23.3 Å². The number of halogens is 2. The van der Waals surface area contributed by atoms with E-state index in [0.29, 0.717) is 11.3 Å². The molecule has 0 aliphatic carbocycles. The molecule has 4 nitrogen and oxygen atoms in total. The second-order valence-corrected chi connectivity index (χ2v) is 5.10. The van der Waals surface area contributed by atoms with Crippen LogP contribution in [0.2, 0.25) is 0 Å². The maximum absolute atomic E-state index is 12.9. The minimum atomic E-state index is -1.34. The van der Waals surface area contributed by atoms with Crippen LogP contribution < -0.4 is 10.6 Å². The molecular weight excluding hydrogens is 290 g/mol. The summed E-state index contributed by atoms with van der Waals surface area (Å²) in [6, 6.07) is 10.2. The molecule has 6 heteroatoms. The van der Waals surface area contributed by atoms with E-state index in [-0.39, 0.29) is 6.54 Å². The molecule has 1 atom stereocenters. The van der Waals surface area contributed by atoms with E-state index >= 15 is 0 Å². The Hall–Kier alpha value is -2.47. The standard InChI is InChI=1S/C16H16F2N2O2/c1-16(22,11-2-4-12(17)5-3-11)10-19-15(21)20-14-8-6-13(18)7-9-14/h2-9,22H,10H2,1H3,(H2,19,20,21). The summed E-state index contributed by atoms with van der Waals surface area (Å²) in [6.07, 6.45) is 0. The number of rotatable bonds is 4. The van der Waals surface area contributed by atoms with Crippen LogP contribution in [0.4, 0.5) is 19.3 Å². The van der Waals surface area contributed by atoms with Crippen molar-refractivity contribution < 1.29 is 18.7 Å². The maximum atomic E-state index is 12.9. The number of urea groups is 1. The van der Waals surface area contributed by atoms with Gasteiger partial charge in [-0.25, -0.2) is 13.6 Å².